The number of hydrogen-bond donors (Lipinski definition) is 0. The first-order valence-corrected chi connectivity index (χ1v) is 6.53. The Labute approximate surface area is 113 Å². The van der Waals surface area contributed by atoms with Crippen molar-refractivity contribution in [1.29, 1.82) is 0 Å². The van der Waals surface area contributed by atoms with Crippen molar-refractivity contribution in [2.45, 2.75) is 25.2 Å². The van der Waals surface area contributed by atoms with E-state index in [1.807, 2.05) is 7.05 Å². The van der Waals surface area contributed by atoms with Gasteiger partial charge in [-0.3, -0.25) is 4.79 Å². The van der Waals surface area contributed by atoms with Gasteiger partial charge in [0.1, 0.15) is 17.3 Å². The molecule has 0 N–H and O–H groups in total. The van der Waals surface area contributed by atoms with Crippen molar-refractivity contribution in [3.05, 3.63) is 29.6 Å². The Kier molecular flexibility index (Phi) is 3.90. The Bertz CT molecular complexity index is 479. The third kappa shape index (κ3) is 2.50. The van der Waals surface area contributed by atoms with Crippen LogP contribution in [0.4, 0.5) is 4.39 Å². The van der Waals surface area contributed by atoms with E-state index < -0.39 is 5.41 Å². The SMILES string of the molecule is COc1ccc(F)cc1C1(C(C)=O)CCN(C)CC1. The van der Waals surface area contributed by atoms with E-state index in [1.54, 1.807) is 20.1 Å². The number of benzene rings is 1. The highest BCUT2D eigenvalue weighted by atomic mass is 19.1. The molecule has 0 saturated carbocycles. The number of rotatable bonds is 3. The maximum atomic E-state index is 13.6. The van der Waals surface area contributed by atoms with Crippen molar-refractivity contribution in [3.63, 3.8) is 0 Å². The third-order valence-corrected chi connectivity index (χ3v) is 4.19. The average Bonchev–Trinajstić information content (AvgIpc) is 2.39. The van der Waals surface area contributed by atoms with Gasteiger partial charge < -0.3 is 9.64 Å². The van der Waals surface area contributed by atoms with Crippen LogP contribution in [0, 0.1) is 5.82 Å². The van der Waals surface area contributed by atoms with E-state index in [9.17, 15) is 9.18 Å². The molecule has 0 unspecified atom stereocenters. The zero-order valence-electron chi connectivity index (χ0n) is 11.7. The topological polar surface area (TPSA) is 29.5 Å². The molecule has 4 heteroatoms. The molecule has 0 radical (unpaired) electrons. The zero-order valence-corrected chi connectivity index (χ0v) is 11.7. The van der Waals surface area contributed by atoms with Gasteiger partial charge in [-0.2, -0.15) is 0 Å². The van der Waals surface area contributed by atoms with Crippen LogP contribution in [0.15, 0.2) is 18.2 Å². The Balaban J connectivity index is 2.50. The number of ether oxygens (including phenoxy) is 1. The average molecular weight is 265 g/mol. The van der Waals surface area contributed by atoms with Crippen LogP contribution in [0.2, 0.25) is 0 Å². The van der Waals surface area contributed by atoms with Gasteiger partial charge in [-0.15, -0.1) is 0 Å². The molecule has 1 aromatic rings. The first kappa shape index (κ1) is 14.0. The van der Waals surface area contributed by atoms with Crippen LogP contribution in [0.5, 0.6) is 5.75 Å². The van der Waals surface area contributed by atoms with Gasteiger partial charge in [0.05, 0.1) is 12.5 Å². The largest absolute Gasteiger partial charge is 0.496 e. The first-order valence-electron chi connectivity index (χ1n) is 6.53. The number of halogens is 1. The number of piperidine rings is 1. The molecule has 0 atom stereocenters. The Morgan fingerprint density at radius 3 is 2.53 bits per heavy atom. The number of nitrogens with zero attached hydrogens (tertiary/aromatic N) is 1. The molecule has 0 aromatic heterocycles. The van der Waals surface area contributed by atoms with Crippen LogP contribution < -0.4 is 4.74 Å². The lowest BCUT2D eigenvalue weighted by Gasteiger charge is -2.39. The second kappa shape index (κ2) is 5.29. The number of ketones is 1. The van der Waals surface area contributed by atoms with Gasteiger partial charge >= 0.3 is 0 Å². The summed E-state index contributed by atoms with van der Waals surface area (Å²) < 4.78 is 18.9. The first-order chi connectivity index (χ1) is 8.99. The summed E-state index contributed by atoms with van der Waals surface area (Å²) in [5.41, 5.74) is 0.0792. The molecule has 0 spiro atoms. The van der Waals surface area contributed by atoms with E-state index in [4.69, 9.17) is 4.74 Å². The molecular formula is C15H20FNO2. The summed E-state index contributed by atoms with van der Waals surface area (Å²) in [4.78, 5) is 14.4. The second-order valence-electron chi connectivity index (χ2n) is 5.29. The van der Waals surface area contributed by atoms with Crippen LogP contribution in [0.3, 0.4) is 0 Å². The number of likely N-dealkylation sites (tertiary alicyclic amines) is 1. The molecule has 1 aromatic carbocycles. The minimum absolute atomic E-state index is 0.0875. The maximum Gasteiger partial charge on any atom is 0.140 e. The molecule has 104 valence electrons. The van der Waals surface area contributed by atoms with Crippen LogP contribution >= 0.6 is 0 Å². The van der Waals surface area contributed by atoms with Crippen molar-refractivity contribution >= 4 is 5.78 Å². The highest BCUT2D eigenvalue weighted by Crippen LogP contribution is 2.41. The van der Waals surface area contributed by atoms with Gasteiger partial charge in [0.25, 0.3) is 0 Å². The van der Waals surface area contributed by atoms with Gasteiger partial charge in [-0.05, 0) is 58.1 Å². The molecule has 1 saturated heterocycles. The van der Waals surface area contributed by atoms with Crippen molar-refractivity contribution < 1.29 is 13.9 Å². The minimum Gasteiger partial charge on any atom is -0.496 e. The van der Waals surface area contributed by atoms with Crippen molar-refractivity contribution in [3.8, 4) is 5.75 Å². The number of hydrogen-bond acceptors (Lipinski definition) is 3. The summed E-state index contributed by atoms with van der Waals surface area (Å²) in [6.45, 7) is 3.26. The van der Waals surface area contributed by atoms with Gasteiger partial charge in [0.2, 0.25) is 0 Å². The van der Waals surface area contributed by atoms with Crippen molar-refractivity contribution in [1.82, 2.24) is 4.90 Å². The van der Waals surface area contributed by atoms with Gasteiger partial charge in [0, 0.05) is 5.56 Å². The Morgan fingerprint density at radius 1 is 1.37 bits per heavy atom. The van der Waals surface area contributed by atoms with E-state index in [2.05, 4.69) is 4.90 Å². The van der Waals surface area contributed by atoms with Gasteiger partial charge in [-0.25, -0.2) is 4.39 Å². The molecule has 0 amide bonds. The quantitative estimate of drug-likeness (QED) is 0.840. The molecule has 1 heterocycles. The van der Waals surface area contributed by atoms with E-state index in [0.29, 0.717) is 24.2 Å². The highest BCUT2D eigenvalue weighted by molar-refractivity contribution is 5.89. The Morgan fingerprint density at radius 2 is 2.00 bits per heavy atom. The molecule has 1 aliphatic heterocycles. The minimum atomic E-state index is -0.611. The fourth-order valence-electron chi connectivity index (χ4n) is 2.87. The van der Waals surface area contributed by atoms with E-state index in [0.717, 1.165) is 13.1 Å². The summed E-state index contributed by atoms with van der Waals surface area (Å²) in [5.74, 6) is 0.362. The summed E-state index contributed by atoms with van der Waals surface area (Å²) in [6.07, 6.45) is 1.41. The predicted octanol–water partition coefficient (Wildman–Crippen LogP) is 2.39. The number of methoxy groups -OCH3 is 1. The maximum absolute atomic E-state index is 13.6. The standard InChI is InChI=1S/C15H20FNO2/c1-11(18)15(6-8-17(2)9-7-15)13-10-12(16)4-5-14(13)19-3/h4-5,10H,6-9H2,1-3H3. The highest BCUT2D eigenvalue weighted by Gasteiger charge is 2.41. The fourth-order valence-corrected chi connectivity index (χ4v) is 2.87. The summed E-state index contributed by atoms with van der Waals surface area (Å²) in [6, 6.07) is 4.42. The van der Waals surface area contributed by atoms with Gasteiger partial charge in [0.15, 0.2) is 0 Å². The second-order valence-corrected chi connectivity index (χ2v) is 5.29. The summed E-state index contributed by atoms with van der Waals surface area (Å²) in [5, 5.41) is 0. The van der Waals surface area contributed by atoms with Gasteiger partial charge in [-0.1, -0.05) is 0 Å². The molecule has 1 fully saturated rings. The summed E-state index contributed by atoms with van der Waals surface area (Å²) >= 11 is 0. The third-order valence-electron chi connectivity index (χ3n) is 4.19. The van der Waals surface area contributed by atoms with E-state index >= 15 is 0 Å². The molecular weight excluding hydrogens is 245 g/mol. The normalized spacial score (nSPS) is 19.2. The predicted molar refractivity (Wildman–Crippen MR) is 72.0 cm³/mol. The van der Waals surface area contributed by atoms with Crippen molar-refractivity contribution in [2.75, 3.05) is 27.2 Å². The zero-order chi connectivity index (χ0) is 14.0. The van der Waals surface area contributed by atoms with Crippen LogP contribution in [0.25, 0.3) is 0 Å². The summed E-state index contributed by atoms with van der Waals surface area (Å²) in [7, 11) is 3.59. The van der Waals surface area contributed by atoms with Crippen LogP contribution in [0.1, 0.15) is 25.3 Å². The number of Topliss-reactive ketones (excluding diaryl/α,β-unsaturated/α-hetero) is 1. The Hall–Kier alpha value is -1.42. The molecule has 0 bridgehead atoms. The number of carbonyl (C=O) groups excluding carboxylic acids is 1. The lowest BCUT2D eigenvalue weighted by Crippen LogP contribution is -2.45. The number of carbonyl (C=O) groups is 1. The molecule has 1 aliphatic rings. The lowest BCUT2D eigenvalue weighted by molar-refractivity contribution is -0.124. The lowest BCUT2D eigenvalue weighted by atomic mass is 9.70. The molecule has 3 nitrogen and oxygen atoms in total. The van der Waals surface area contributed by atoms with Crippen LogP contribution in [-0.4, -0.2) is 37.9 Å². The fraction of sp³-hybridized carbons (Fsp3) is 0.533. The van der Waals surface area contributed by atoms with Crippen molar-refractivity contribution in [2.24, 2.45) is 0 Å². The van der Waals surface area contributed by atoms with E-state index in [1.165, 1.54) is 12.1 Å². The van der Waals surface area contributed by atoms with E-state index in [-0.39, 0.29) is 11.6 Å². The smallest absolute Gasteiger partial charge is 0.140 e. The molecule has 19 heavy (non-hydrogen) atoms. The van der Waals surface area contributed by atoms with Crippen LogP contribution in [-0.2, 0) is 10.2 Å². The molecule has 2 rings (SSSR count). The molecule has 0 aliphatic carbocycles. The monoisotopic (exact) mass is 265 g/mol.